The minimum Gasteiger partial charge on any atom is -0.325 e. The number of para-hydroxylation sites is 2. The number of anilines is 1. The van der Waals surface area contributed by atoms with Crippen LogP contribution in [0.4, 0.5) is 38.0 Å². The smallest absolute Gasteiger partial charge is 0.325 e. The van der Waals surface area contributed by atoms with Crippen LogP contribution in [0.5, 0.6) is 0 Å². The van der Waals surface area contributed by atoms with E-state index in [-0.39, 0.29) is 21.1 Å². The van der Waals surface area contributed by atoms with Crippen LogP contribution in [0, 0.1) is 13.8 Å². The molecule has 286 valence electrons. The first-order valence-electron chi connectivity index (χ1n) is 17.0. The zero-order valence-electron chi connectivity index (χ0n) is 29.4. The summed E-state index contributed by atoms with van der Waals surface area (Å²) >= 11 is 1.76. The number of alkyl halides is 6. The Morgan fingerprint density at radius 3 is 1.72 bits per heavy atom. The van der Waals surface area contributed by atoms with Crippen LogP contribution in [0.25, 0.3) is 36.6 Å². The number of hydrogen-bond donors (Lipinski definition) is 3. The molecule has 0 atom stereocenters. The van der Waals surface area contributed by atoms with Gasteiger partial charge in [0.1, 0.15) is 38.6 Å². The van der Waals surface area contributed by atoms with Crippen LogP contribution in [0.15, 0.2) is 113 Å². The Morgan fingerprint density at radius 1 is 0.667 bits per heavy atom. The van der Waals surface area contributed by atoms with Crippen molar-refractivity contribution in [1.29, 1.82) is 0 Å². The van der Waals surface area contributed by atoms with E-state index in [1.54, 1.807) is 98.8 Å². The van der Waals surface area contributed by atoms with Crippen LogP contribution in [0.3, 0.4) is 0 Å². The summed E-state index contributed by atoms with van der Waals surface area (Å²) in [6, 6.07) is 25.8. The second kappa shape index (κ2) is 14.2. The number of benzene rings is 4. The van der Waals surface area contributed by atoms with E-state index in [4.69, 9.17) is 0 Å². The van der Waals surface area contributed by atoms with Gasteiger partial charge in [0.05, 0.1) is 31.6 Å². The number of hydrogen-bond acceptors (Lipinski definition) is 7. The molecule has 0 radical (unpaired) electrons. The maximum absolute atomic E-state index is 15.4. The fraction of sp³-hybridized carbons (Fsp3) is 0.100. The lowest BCUT2D eigenvalue weighted by Gasteiger charge is -2.12. The number of rotatable bonds is 6. The highest BCUT2D eigenvalue weighted by atomic mass is 32.1. The van der Waals surface area contributed by atoms with E-state index in [1.165, 1.54) is 12.1 Å². The first kappa shape index (κ1) is 37.5. The van der Waals surface area contributed by atoms with Crippen LogP contribution in [0.1, 0.15) is 42.4 Å². The number of aromatic amines is 1. The number of nitrogens with zero attached hydrogens (tertiary/aromatic N) is 4. The van der Waals surface area contributed by atoms with Crippen LogP contribution >= 0.6 is 22.7 Å². The Hall–Kier alpha value is -6.46. The molecule has 1 aliphatic heterocycles. The molecule has 3 aromatic heterocycles. The average molecular weight is 814 g/mol. The maximum atomic E-state index is 15.4. The van der Waals surface area contributed by atoms with E-state index in [9.17, 15) is 9.59 Å². The average Bonchev–Trinajstić information content (AvgIpc) is 3.94. The number of H-pyrrole nitrogens is 1. The third-order valence-electron chi connectivity index (χ3n) is 8.96. The van der Waals surface area contributed by atoms with Gasteiger partial charge < -0.3 is 15.6 Å². The molecular formula is C40H25F6N7O2S2. The van der Waals surface area contributed by atoms with Crippen LogP contribution < -0.4 is 10.6 Å². The summed E-state index contributed by atoms with van der Waals surface area (Å²) in [6.45, 7) is 3.27. The van der Waals surface area contributed by atoms with E-state index in [0.717, 1.165) is 22.7 Å². The lowest BCUT2D eigenvalue weighted by atomic mass is 10.1. The third kappa shape index (κ3) is 7.10. The number of nitrogens with one attached hydrogen (secondary N) is 3. The van der Waals surface area contributed by atoms with Crippen molar-refractivity contribution in [2.24, 2.45) is 9.98 Å². The lowest BCUT2D eigenvalue weighted by Crippen LogP contribution is -2.31. The van der Waals surface area contributed by atoms with Crippen molar-refractivity contribution >= 4 is 83.8 Å². The van der Waals surface area contributed by atoms with Gasteiger partial charge in [0, 0.05) is 11.1 Å². The quantitative estimate of drug-likeness (QED) is 0.145. The van der Waals surface area contributed by atoms with Crippen LogP contribution in [0.2, 0.25) is 0 Å². The molecule has 3 N–H and O–H groups in total. The van der Waals surface area contributed by atoms with Gasteiger partial charge in [0.15, 0.2) is 5.84 Å². The summed E-state index contributed by atoms with van der Waals surface area (Å²) in [5.41, 5.74) is -2.35. The summed E-state index contributed by atoms with van der Waals surface area (Å²) in [4.78, 5) is 46.3. The van der Waals surface area contributed by atoms with E-state index in [1.807, 2.05) is 0 Å². The highest BCUT2D eigenvalue weighted by Gasteiger charge is 2.47. The number of halogens is 6. The van der Waals surface area contributed by atoms with Crippen molar-refractivity contribution in [3.8, 4) is 10.6 Å². The number of aromatic nitrogens is 3. The maximum Gasteiger partial charge on any atom is 0.420 e. The summed E-state index contributed by atoms with van der Waals surface area (Å²) < 4.78 is 93.2. The van der Waals surface area contributed by atoms with Gasteiger partial charge in [0.2, 0.25) is 0 Å². The molecule has 57 heavy (non-hydrogen) atoms. The Morgan fingerprint density at radius 2 is 1.18 bits per heavy atom. The molecule has 0 fully saturated rings. The van der Waals surface area contributed by atoms with Crippen molar-refractivity contribution in [2.45, 2.75) is 26.2 Å². The normalized spacial score (nSPS) is 14.2. The van der Waals surface area contributed by atoms with Crippen LogP contribution in [-0.4, -0.2) is 44.6 Å². The Balaban J connectivity index is 1.37. The predicted octanol–water partition coefficient (Wildman–Crippen LogP) is 10.7. The number of aliphatic imine (C=N–C) groups is 2. The first-order chi connectivity index (χ1) is 27.2. The van der Waals surface area contributed by atoms with Gasteiger partial charge in [-0.25, -0.2) is 20.0 Å². The van der Waals surface area contributed by atoms with E-state index in [2.05, 4.69) is 35.6 Å². The minimum atomic E-state index is -5.27. The van der Waals surface area contributed by atoms with Gasteiger partial charge >= 0.3 is 12.4 Å². The molecule has 4 aromatic carbocycles. The standard InChI is InChI=1S/C40H25F6N7O2S2/c1-19-11-3-5-13-21(19)35(54)52-31-27(37-47-23-15-7-9-17-25(23)56-37)29(39(41,42)43)33(49-31)51-34-30(40(44,45)46)28(38-48-24-16-8-10-18-26(24)57-38)32(50-34)53-36(55)22-14-6-4-12-20(22)2/h3-18,49H,1-2H3,(H,52,54)(H,50,51,53,55). The molecule has 8 rings (SSSR count). The molecule has 0 saturated carbocycles. The highest BCUT2D eigenvalue weighted by Crippen LogP contribution is 2.50. The second-order valence-electron chi connectivity index (χ2n) is 12.8. The summed E-state index contributed by atoms with van der Waals surface area (Å²) in [7, 11) is 0. The van der Waals surface area contributed by atoms with Gasteiger partial charge in [-0.2, -0.15) is 26.3 Å². The monoisotopic (exact) mass is 813 g/mol. The van der Waals surface area contributed by atoms with E-state index in [0.29, 0.717) is 31.6 Å². The molecular weight excluding hydrogens is 789 g/mol. The summed E-state index contributed by atoms with van der Waals surface area (Å²) in [5, 5.41) is 4.53. The molecule has 4 heterocycles. The molecule has 17 heteroatoms. The number of carbonyl (C=O) groups is 2. The molecule has 0 aliphatic carbocycles. The van der Waals surface area contributed by atoms with Gasteiger partial charge in [-0.3, -0.25) is 9.59 Å². The predicted molar refractivity (Wildman–Crippen MR) is 209 cm³/mol. The first-order valence-corrected chi connectivity index (χ1v) is 18.6. The molecule has 7 aromatic rings. The largest absolute Gasteiger partial charge is 0.420 e. The fourth-order valence-electron chi connectivity index (χ4n) is 6.33. The number of amidine groups is 2. The van der Waals surface area contributed by atoms with Crippen molar-refractivity contribution in [3.63, 3.8) is 0 Å². The van der Waals surface area contributed by atoms with Crippen molar-refractivity contribution < 1.29 is 35.9 Å². The van der Waals surface area contributed by atoms with E-state index >= 15 is 26.3 Å². The van der Waals surface area contributed by atoms with Crippen LogP contribution in [-0.2, 0) is 6.18 Å². The molecule has 0 unspecified atom stereocenters. The number of fused-ring (bicyclic) bond motifs is 2. The summed E-state index contributed by atoms with van der Waals surface area (Å²) in [5.74, 6) is -5.01. The van der Waals surface area contributed by atoms with Gasteiger partial charge in [-0.15, -0.1) is 22.7 Å². The molecule has 1 aliphatic rings. The minimum absolute atomic E-state index is 0.126. The topological polar surface area (TPSA) is 124 Å². The fourth-order valence-corrected chi connectivity index (χ4v) is 8.37. The Bertz CT molecular complexity index is 2800. The van der Waals surface area contributed by atoms with Gasteiger partial charge in [-0.1, -0.05) is 60.7 Å². The molecule has 0 spiro atoms. The second-order valence-corrected chi connectivity index (χ2v) is 14.8. The third-order valence-corrected chi connectivity index (χ3v) is 11.1. The van der Waals surface area contributed by atoms with Crippen molar-refractivity contribution in [2.75, 3.05) is 5.32 Å². The number of carbonyl (C=O) groups excluding carboxylic acids is 2. The van der Waals surface area contributed by atoms with E-state index < -0.39 is 69.7 Å². The number of aryl methyl sites for hydroxylation is 2. The SMILES string of the molecule is Cc1ccccc1C(=O)NC1=NC(=Nc2[nH]c(NC(=O)c3ccccc3C)c(-c3nc4ccccc4s3)c2C(F)(F)F)C(C(F)(F)F)=C1c1nc2ccccc2s1. The Labute approximate surface area is 326 Å². The number of thiazole rings is 2. The van der Waals surface area contributed by atoms with Gasteiger partial charge in [0.25, 0.3) is 11.8 Å². The molecule has 0 bridgehead atoms. The van der Waals surface area contributed by atoms with Crippen molar-refractivity contribution in [3.05, 3.63) is 135 Å². The van der Waals surface area contributed by atoms with Gasteiger partial charge in [-0.05, 0) is 61.4 Å². The molecule has 0 saturated heterocycles. The lowest BCUT2D eigenvalue weighted by molar-refractivity contribution is -0.136. The zero-order valence-corrected chi connectivity index (χ0v) is 31.1. The zero-order chi connectivity index (χ0) is 40.2. The molecule has 2 amide bonds. The Kier molecular flexibility index (Phi) is 9.36. The summed E-state index contributed by atoms with van der Waals surface area (Å²) in [6.07, 6.45) is -10.5. The van der Waals surface area contributed by atoms with Crippen molar-refractivity contribution in [1.82, 2.24) is 20.3 Å². The highest BCUT2D eigenvalue weighted by molar-refractivity contribution is 7.21. The number of amides is 2. The molecule has 9 nitrogen and oxygen atoms in total.